The van der Waals surface area contributed by atoms with E-state index in [1.807, 2.05) is 4.68 Å². The number of unbranched alkanes of at least 4 members (excludes halogenated alkanes) is 2. The molecule has 1 spiro atoms. The second-order valence-electron chi connectivity index (χ2n) is 11.1. The van der Waals surface area contributed by atoms with Crippen LogP contribution in [0, 0.1) is 0 Å². The second-order valence-corrected chi connectivity index (χ2v) is 11.5. The molecule has 3 heterocycles. The van der Waals surface area contributed by atoms with Gasteiger partial charge in [0.2, 0.25) is 0 Å². The Bertz CT molecular complexity index is 1270. The lowest BCUT2D eigenvalue weighted by atomic mass is 9.91. The van der Waals surface area contributed by atoms with E-state index >= 15 is 0 Å². The molecule has 0 N–H and O–H groups in total. The summed E-state index contributed by atoms with van der Waals surface area (Å²) in [5.74, 6) is -1.03. The van der Waals surface area contributed by atoms with Crippen molar-refractivity contribution in [3.63, 3.8) is 0 Å². The molecule has 228 valence electrons. The first-order valence-electron chi connectivity index (χ1n) is 14.6. The Balaban J connectivity index is 1.40. The molecular weight excluding hydrogens is 657 g/mol. The molecule has 2 saturated heterocycles. The minimum absolute atomic E-state index is 0.256. The third-order valence-corrected chi connectivity index (χ3v) is 8.45. The summed E-state index contributed by atoms with van der Waals surface area (Å²) < 4.78 is 38.8. The molecule has 0 saturated carbocycles. The number of benzene rings is 1. The van der Waals surface area contributed by atoms with Gasteiger partial charge < -0.3 is 7.80 Å². The number of hydrogen-bond donors (Lipinski definition) is 0. The van der Waals surface area contributed by atoms with Crippen LogP contribution >= 0.6 is 23.0 Å². The summed E-state index contributed by atoms with van der Waals surface area (Å²) in [6.07, 6.45) is 12.0. The first-order valence-corrected chi connectivity index (χ1v) is 15.5. The highest BCUT2D eigenvalue weighted by atomic mass is 127. The van der Waals surface area contributed by atoms with Crippen molar-refractivity contribution in [1.29, 1.82) is 0 Å². The summed E-state index contributed by atoms with van der Waals surface area (Å²) in [5.41, 5.74) is 2.51. The van der Waals surface area contributed by atoms with Crippen molar-refractivity contribution in [1.82, 2.24) is 14.7 Å². The van der Waals surface area contributed by atoms with E-state index in [0.29, 0.717) is 43.6 Å². The Morgan fingerprint density at radius 3 is 2.64 bits per heavy atom. The van der Waals surface area contributed by atoms with Gasteiger partial charge in [-0.05, 0) is 49.8 Å². The zero-order valence-corrected chi connectivity index (χ0v) is 26.4. The van der Waals surface area contributed by atoms with Gasteiger partial charge in [-0.15, -0.1) is 0 Å². The van der Waals surface area contributed by atoms with E-state index in [1.54, 1.807) is 58.2 Å². The molecule has 1 atom stereocenters. The van der Waals surface area contributed by atoms with E-state index in [1.165, 1.54) is 12.5 Å². The maximum Gasteiger partial charge on any atom is 0.415 e. The maximum absolute atomic E-state index is 13.7. The van der Waals surface area contributed by atoms with Gasteiger partial charge in [0.15, 0.2) is 23.0 Å². The molecule has 1 unspecified atom stereocenters. The molecule has 1 aromatic heterocycles. The number of piperidine rings is 1. The van der Waals surface area contributed by atoms with E-state index in [2.05, 4.69) is 24.9 Å². The van der Waals surface area contributed by atoms with Crippen LogP contribution in [0.1, 0.15) is 80.0 Å². The lowest BCUT2D eigenvalue weighted by Crippen LogP contribution is -2.46. The topological polar surface area (TPSA) is 76.9 Å². The third-order valence-electron chi connectivity index (χ3n) is 8.05. The lowest BCUT2D eigenvalue weighted by molar-refractivity contribution is -0.00102. The van der Waals surface area contributed by atoms with Crippen LogP contribution < -0.4 is 4.90 Å². The number of carbonyl (C=O) groups excluding carboxylic acids is 2. The molecule has 0 radical (unpaired) electrons. The van der Waals surface area contributed by atoms with Crippen LogP contribution in [0.15, 0.2) is 54.5 Å². The van der Waals surface area contributed by atoms with Crippen LogP contribution in [0.2, 0.25) is 0 Å². The monoisotopic (exact) mass is 696 g/mol. The summed E-state index contributed by atoms with van der Waals surface area (Å²) in [4.78, 5) is 28.5. The van der Waals surface area contributed by atoms with Crippen molar-refractivity contribution in [2.24, 2.45) is 0 Å². The van der Waals surface area contributed by atoms with E-state index in [-0.39, 0.29) is 12.1 Å². The molecule has 11 heteroatoms. The van der Waals surface area contributed by atoms with Gasteiger partial charge in [-0.25, -0.2) is 18.4 Å². The van der Waals surface area contributed by atoms with Gasteiger partial charge in [0, 0.05) is 62.4 Å². The highest BCUT2D eigenvalue weighted by molar-refractivity contribution is 14.1. The SMILES string of the molecule is CCCCCC(C)n1cc(CN2CCC3(CC2)CN(c2ccc(C(=O)OI)cc2)C(=O)O3)c(C/C=C\C(F)=C/CF)n1. The number of allylic oxidation sites excluding steroid dienone is 4. The van der Waals surface area contributed by atoms with Crippen LogP contribution in [0.25, 0.3) is 0 Å². The average Bonchev–Trinajstić information content (AvgIpc) is 3.54. The molecule has 2 fully saturated rings. The first kappa shape index (κ1) is 32.1. The summed E-state index contributed by atoms with van der Waals surface area (Å²) in [6.45, 7) is 6.17. The average molecular weight is 697 g/mol. The molecule has 4 rings (SSSR count). The number of amides is 1. The summed E-state index contributed by atoms with van der Waals surface area (Å²) >= 11 is 1.55. The first-order chi connectivity index (χ1) is 20.3. The van der Waals surface area contributed by atoms with E-state index < -0.39 is 24.1 Å². The number of ether oxygens (including phenoxy) is 1. The van der Waals surface area contributed by atoms with E-state index in [0.717, 1.165) is 49.7 Å². The second kappa shape index (κ2) is 15.1. The van der Waals surface area contributed by atoms with E-state index in [4.69, 9.17) is 12.9 Å². The Hall–Kier alpha value is -2.80. The van der Waals surface area contributed by atoms with Crippen molar-refractivity contribution in [3.8, 4) is 0 Å². The predicted octanol–water partition coefficient (Wildman–Crippen LogP) is 7.44. The Kier molecular flexibility index (Phi) is 11.5. The summed E-state index contributed by atoms with van der Waals surface area (Å²) in [6, 6.07) is 7.00. The molecule has 1 aromatic carbocycles. The number of hydrogen-bond acceptors (Lipinski definition) is 6. The summed E-state index contributed by atoms with van der Waals surface area (Å²) in [7, 11) is 0. The molecule has 0 aliphatic carbocycles. The largest absolute Gasteiger partial charge is 0.441 e. The number of carbonyl (C=O) groups is 2. The highest BCUT2D eigenvalue weighted by Gasteiger charge is 2.47. The maximum atomic E-state index is 13.7. The molecular formula is C31H39F2IN4O4. The Morgan fingerprint density at radius 2 is 1.98 bits per heavy atom. The van der Waals surface area contributed by atoms with Crippen LogP contribution in [-0.4, -0.2) is 58.7 Å². The van der Waals surface area contributed by atoms with Gasteiger partial charge in [0.1, 0.15) is 18.1 Å². The number of alkyl halides is 1. The minimum Gasteiger partial charge on any atom is -0.441 e. The number of halogens is 3. The van der Waals surface area contributed by atoms with Crippen molar-refractivity contribution in [2.45, 2.75) is 77.0 Å². The molecule has 2 aromatic rings. The summed E-state index contributed by atoms with van der Waals surface area (Å²) in [5, 5.41) is 4.86. The van der Waals surface area contributed by atoms with Crippen molar-refractivity contribution in [2.75, 3.05) is 31.2 Å². The number of likely N-dealkylation sites (tertiary alicyclic amines) is 1. The zero-order valence-electron chi connectivity index (χ0n) is 24.2. The Morgan fingerprint density at radius 1 is 1.24 bits per heavy atom. The van der Waals surface area contributed by atoms with Gasteiger partial charge >= 0.3 is 12.1 Å². The fourth-order valence-corrected chi connectivity index (χ4v) is 5.76. The van der Waals surface area contributed by atoms with Crippen LogP contribution in [0.3, 0.4) is 0 Å². The van der Waals surface area contributed by atoms with Crippen molar-refractivity contribution < 1.29 is 26.2 Å². The molecule has 2 aliphatic rings. The fraction of sp³-hybridized carbons (Fsp3) is 0.516. The van der Waals surface area contributed by atoms with Gasteiger partial charge in [-0.2, -0.15) is 5.10 Å². The molecule has 42 heavy (non-hydrogen) atoms. The normalized spacial score (nSPS) is 18.2. The molecule has 1 amide bonds. The van der Waals surface area contributed by atoms with Gasteiger partial charge in [0.25, 0.3) is 0 Å². The van der Waals surface area contributed by atoms with Gasteiger partial charge in [-0.3, -0.25) is 14.5 Å². The molecule has 2 aliphatic heterocycles. The highest BCUT2D eigenvalue weighted by Crippen LogP contribution is 2.36. The van der Waals surface area contributed by atoms with Crippen molar-refractivity contribution >= 4 is 40.8 Å². The van der Waals surface area contributed by atoms with Crippen LogP contribution in [0.5, 0.6) is 0 Å². The predicted molar refractivity (Wildman–Crippen MR) is 166 cm³/mol. The minimum atomic E-state index is -0.837. The van der Waals surface area contributed by atoms with Crippen LogP contribution in [-0.2, 0) is 20.8 Å². The Labute approximate surface area is 260 Å². The zero-order chi connectivity index (χ0) is 30.1. The smallest absolute Gasteiger partial charge is 0.415 e. The lowest BCUT2D eigenvalue weighted by Gasteiger charge is -2.37. The fourth-order valence-electron chi connectivity index (χ4n) is 5.51. The van der Waals surface area contributed by atoms with Gasteiger partial charge in [-0.1, -0.05) is 32.3 Å². The van der Waals surface area contributed by atoms with E-state index in [9.17, 15) is 18.4 Å². The number of aromatic nitrogens is 2. The van der Waals surface area contributed by atoms with Crippen LogP contribution in [0.4, 0.5) is 19.3 Å². The number of anilines is 1. The van der Waals surface area contributed by atoms with Gasteiger partial charge in [0.05, 0.1) is 17.8 Å². The molecule has 0 bridgehead atoms. The third kappa shape index (κ3) is 8.18. The standard InChI is InChI=1S/C31H39F2IN4O4/c1-3-4-5-7-23(2)38-21-25(28(35-38)9-6-8-26(33)14-17-32)20-36-18-15-31(16-19-36)22-37(30(40)41-31)27-12-10-24(11-13-27)29(39)42-34/h6,8,10-14,21,23H,3-5,7,9,15-20,22H2,1-2H3/b8-6-,26-14+. The number of nitrogens with zero attached hydrogens (tertiary/aromatic N) is 4. The quantitative estimate of drug-likeness (QED) is 0.123. The number of rotatable bonds is 13. The van der Waals surface area contributed by atoms with Crippen molar-refractivity contribution in [3.05, 3.63) is 71.3 Å². The molecule has 8 nitrogen and oxygen atoms in total.